The quantitative estimate of drug-likeness (QED) is 0.584. The number of nitrogens with two attached hydrogens (primary N) is 1. The molecule has 2 N–H and O–H groups in total. The third-order valence-corrected chi connectivity index (χ3v) is 4.00. The molecule has 1 aromatic carbocycles. The van der Waals surface area contributed by atoms with Gasteiger partial charge in [0.25, 0.3) is 0 Å². The highest BCUT2D eigenvalue weighted by Gasteiger charge is 2.07. The number of fused-ring (bicyclic) bond motifs is 1. The average Bonchev–Trinajstić information content (AvgIpc) is 2.84. The minimum atomic E-state index is 0.760. The van der Waals surface area contributed by atoms with Crippen LogP contribution in [0.5, 0.6) is 0 Å². The number of nitrogens with zero attached hydrogens (tertiary/aromatic N) is 4. The number of thioether (sulfide) groups is 1. The van der Waals surface area contributed by atoms with Crippen LogP contribution < -0.4 is 5.73 Å². The maximum Gasteiger partial charge on any atom is 0.191 e. The topological polar surface area (TPSA) is 69.6 Å². The molecule has 0 amide bonds. The van der Waals surface area contributed by atoms with Gasteiger partial charge in [0.1, 0.15) is 6.33 Å². The van der Waals surface area contributed by atoms with Crippen LogP contribution in [0.3, 0.4) is 0 Å². The lowest BCUT2D eigenvalue weighted by Crippen LogP contribution is -1.94. The Labute approximate surface area is 114 Å². The second-order valence-corrected chi connectivity index (χ2v) is 5.17. The predicted molar refractivity (Wildman–Crippen MR) is 76.7 cm³/mol. The molecule has 0 bridgehead atoms. The molecule has 0 fully saturated rings. The van der Waals surface area contributed by atoms with Crippen LogP contribution in [-0.2, 0) is 12.8 Å². The Morgan fingerprint density at radius 2 is 2.21 bits per heavy atom. The summed E-state index contributed by atoms with van der Waals surface area (Å²) in [6.45, 7) is 0. The molecule has 0 atom stereocenters. The number of nitrogen functional groups attached to an aromatic ring is 1. The van der Waals surface area contributed by atoms with Crippen molar-refractivity contribution >= 4 is 28.4 Å². The van der Waals surface area contributed by atoms with Crippen LogP contribution in [0.4, 0.5) is 5.69 Å². The molecule has 0 aliphatic heterocycles. The Balaban J connectivity index is 1.93. The van der Waals surface area contributed by atoms with E-state index in [2.05, 4.69) is 15.2 Å². The molecule has 0 unspecified atom stereocenters. The fraction of sp³-hybridized carbons (Fsp3) is 0.154. The maximum atomic E-state index is 5.97. The first kappa shape index (κ1) is 12.0. The SMILES string of the molecule is Cn1cnnc1SCc1ccc(N)c2cccnc12. The van der Waals surface area contributed by atoms with E-state index in [1.165, 1.54) is 0 Å². The first-order chi connectivity index (χ1) is 9.25. The van der Waals surface area contributed by atoms with Crippen LogP contribution in [0.1, 0.15) is 5.56 Å². The van der Waals surface area contributed by atoms with E-state index in [0.29, 0.717) is 0 Å². The number of pyridine rings is 1. The molecule has 0 saturated carbocycles. The highest BCUT2D eigenvalue weighted by molar-refractivity contribution is 7.98. The molecule has 0 saturated heterocycles. The molecule has 5 nitrogen and oxygen atoms in total. The first-order valence-electron chi connectivity index (χ1n) is 5.84. The summed E-state index contributed by atoms with van der Waals surface area (Å²) in [4.78, 5) is 4.43. The normalized spacial score (nSPS) is 11.0. The highest BCUT2D eigenvalue weighted by Crippen LogP contribution is 2.27. The van der Waals surface area contributed by atoms with Crippen LogP contribution in [0, 0.1) is 0 Å². The Hall–Kier alpha value is -2.08. The number of rotatable bonds is 3. The van der Waals surface area contributed by atoms with Crippen LogP contribution in [-0.4, -0.2) is 19.7 Å². The zero-order chi connectivity index (χ0) is 13.2. The van der Waals surface area contributed by atoms with Crippen molar-refractivity contribution in [2.24, 2.45) is 7.05 Å². The van der Waals surface area contributed by atoms with Crippen molar-refractivity contribution in [2.75, 3.05) is 5.73 Å². The molecule has 6 heteroatoms. The molecular weight excluding hydrogens is 258 g/mol. The summed E-state index contributed by atoms with van der Waals surface area (Å²) < 4.78 is 1.90. The lowest BCUT2D eigenvalue weighted by Gasteiger charge is -2.07. The van der Waals surface area contributed by atoms with E-state index in [1.807, 2.05) is 35.9 Å². The smallest absolute Gasteiger partial charge is 0.191 e. The zero-order valence-electron chi connectivity index (χ0n) is 10.4. The van der Waals surface area contributed by atoms with Crippen molar-refractivity contribution in [2.45, 2.75) is 10.9 Å². The molecule has 0 aliphatic rings. The summed E-state index contributed by atoms with van der Waals surface area (Å²) in [6, 6.07) is 7.84. The maximum absolute atomic E-state index is 5.97. The van der Waals surface area contributed by atoms with Crippen molar-refractivity contribution in [3.63, 3.8) is 0 Å². The molecule has 0 radical (unpaired) electrons. The van der Waals surface area contributed by atoms with Gasteiger partial charge in [-0.15, -0.1) is 10.2 Å². The van der Waals surface area contributed by atoms with Crippen molar-refractivity contribution in [1.29, 1.82) is 0 Å². The molecule has 3 rings (SSSR count). The van der Waals surface area contributed by atoms with Gasteiger partial charge in [-0.1, -0.05) is 17.8 Å². The third kappa shape index (κ3) is 2.26. The summed E-state index contributed by atoms with van der Waals surface area (Å²) in [6.07, 6.45) is 3.49. The molecule has 19 heavy (non-hydrogen) atoms. The van der Waals surface area contributed by atoms with Crippen molar-refractivity contribution in [1.82, 2.24) is 19.7 Å². The van der Waals surface area contributed by atoms with E-state index < -0.39 is 0 Å². The van der Waals surface area contributed by atoms with Gasteiger partial charge in [-0.3, -0.25) is 4.98 Å². The van der Waals surface area contributed by atoms with Gasteiger partial charge in [-0.05, 0) is 23.8 Å². The van der Waals surface area contributed by atoms with Crippen molar-refractivity contribution in [3.05, 3.63) is 42.4 Å². The second-order valence-electron chi connectivity index (χ2n) is 4.23. The predicted octanol–water partition coefficient (Wildman–Crippen LogP) is 2.24. The van der Waals surface area contributed by atoms with Gasteiger partial charge in [0.2, 0.25) is 0 Å². The fourth-order valence-corrected chi connectivity index (χ4v) is 2.79. The standard InChI is InChI=1S/C13H13N5S/c1-18-8-16-17-13(18)19-7-9-4-5-11(14)10-3-2-6-15-12(9)10/h2-6,8H,7,14H2,1H3. The Morgan fingerprint density at radius 3 is 3.00 bits per heavy atom. The average molecular weight is 271 g/mol. The number of hydrogen-bond donors (Lipinski definition) is 1. The number of hydrogen-bond acceptors (Lipinski definition) is 5. The Kier molecular flexibility index (Phi) is 3.08. The van der Waals surface area contributed by atoms with Gasteiger partial charge in [0.05, 0.1) is 5.52 Å². The minimum absolute atomic E-state index is 0.760. The van der Waals surface area contributed by atoms with E-state index in [4.69, 9.17) is 5.73 Å². The summed E-state index contributed by atoms with van der Waals surface area (Å²) in [5.41, 5.74) is 8.83. The molecule has 2 aromatic heterocycles. The summed E-state index contributed by atoms with van der Waals surface area (Å²) >= 11 is 1.64. The van der Waals surface area contributed by atoms with Crippen LogP contribution in [0.25, 0.3) is 10.9 Å². The van der Waals surface area contributed by atoms with E-state index in [9.17, 15) is 0 Å². The van der Waals surface area contributed by atoms with Crippen molar-refractivity contribution < 1.29 is 0 Å². The monoisotopic (exact) mass is 271 g/mol. The van der Waals surface area contributed by atoms with E-state index in [0.717, 1.165) is 33.1 Å². The van der Waals surface area contributed by atoms with E-state index >= 15 is 0 Å². The van der Waals surface area contributed by atoms with E-state index in [1.54, 1.807) is 24.3 Å². The minimum Gasteiger partial charge on any atom is -0.398 e. The lowest BCUT2D eigenvalue weighted by atomic mass is 10.1. The summed E-state index contributed by atoms with van der Waals surface area (Å²) in [5, 5.41) is 9.81. The summed E-state index contributed by atoms with van der Waals surface area (Å²) in [5.74, 6) is 0.792. The number of benzene rings is 1. The van der Waals surface area contributed by atoms with Gasteiger partial charge in [0, 0.05) is 30.1 Å². The molecule has 0 aliphatic carbocycles. The lowest BCUT2D eigenvalue weighted by molar-refractivity contribution is 0.788. The van der Waals surface area contributed by atoms with Gasteiger partial charge in [-0.25, -0.2) is 0 Å². The number of aromatic nitrogens is 4. The largest absolute Gasteiger partial charge is 0.398 e. The zero-order valence-corrected chi connectivity index (χ0v) is 11.3. The van der Waals surface area contributed by atoms with Gasteiger partial charge in [-0.2, -0.15) is 0 Å². The van der Waals surface area contributed by atoms with Gasteiger partial charge >= 0.3 is 0 Å². The van der Waals surface area contributed by atoms with Gasteiger partial charge < -0.3 is 10.3 Å². The summed E-state index contributed by atoms with van der Waals surface area (Å²) in [7, 11) is 1.93. The van der Waals surface area contributed by atoms with Crippen LogP contribution in [0.15, 0.2) is 41.9 Å². The Bertz CT molecular complexity index is 722. The number of anilines is 1. The van der Waals surface area contributed by atoms with Crippen LogP contribution in [0.2, 0.25) is 0 Å². The second kappa shape index (κ2) is 4.89. The van der Waals surface area contributed by atoms with Crippen molar-refractivity contribution in [3.8, 4) is 0 Å². The fourth-order valence-electron chi connectivity index (χ4n) is 1.92. The molecular formula is C13H13N5S. The first-order valence-corrected chi connectivity index (χ1v) is 6.83. The van der Waals surface area contributed by atoms with E-state index in [-0.39, 0.29) is 0 Å². The Morgan fingerprint density at radius 1 is 1.32 bits per heavy atom. The third-order valence-electron chi connectivity index (χ3n) is 2.91. The van der Waals surface area contributed by atoms with Gasteiger partial charge in [0.15, 0.2) is 5.16 Å². The molecule has 2 heterocycles. The highest BCUT2D eigenvalue weighted by atomic mass is 32.2. The molecule has 3 aromatic rings. The molecule has 0 spiro atoms. The molecule has 96 valence electrons. The van der Waals surface area contributed by atoms with Crippen LogP contribution >= 0.6 is 11.8 Å². The number of aryl methyl sites for hydroxylation is 1.